The molecule has 5 heteroatoms. The van der Waals surface area contributed by atoms with Gasteiger partial charge in [-0.2, -0.15) is 0 Å². The van der Waals surface area contributed by atoms with Crippen molar-refractivity contribution in [1.29, 1.82) is 0 Å². The average Bonchev–Trinajstić information content (AvgIpc) is 3.24. The summed E-state index contributed by atoms with van der Waals surface area (Å²) in [7, 11) is 1.81. The molecule has 0 aliphatic heterocycles. The van der Waals surface area contributed by atoms with Gasteiger partial charge in [-0.15, -0.1) is 0 Å². The molecule has 0 saturated heterocycles. The lowest BCUT2D eigenvalue weighted by atomic mass is 10.2. The van der Waals surface area contributed by atoms with Gasteiger partial charge in [-0.1, -0.05) is 6.07 Å². The Morgan fingerprint density at radius 3 is 2.82 bits per heavy atom. The predicted octanol–water partition coefficient (Wildman–Crippen LogP) is 2.48. The van der Waals surface area contributed by atoms with Crippen LogP contribution in [0.3, 0.4) is 0 Å². The van der Waals surface area contributed by atoms with E-state index < -0.39 is 0 Å². The van der Waals surface area contributed by atoms with Crippen LogP contribution < -0.4 is 15.4 Å². The van der Waals surface area contributed by atoms with E-state index in [-0.39, 0.29) is 0 Å². The lowest BCUT2D eigenvalue weighted by molar-refractivity contribution is 0.199. The van der Waals surface area contributed by atoms with E-state index in [2.05, 4.69) is 26.7 Å². The van der Waals surface area contributed by atoms with Gasteiger partial charge in [-0.3, -0.25) is 4.99 Å². The number of nitrogens with one attached hydrogen (secondary N) is 2. The fourth-order valence-corrected chi connectivity index (χ4v) is 2.79. The van der Waals surface area contributed by atoms with E-state index in [1.807, 2.05) is 6.07 Å². The molecule has 0 spiro atoms. The average molecular weight is 302 g/mol. The first-order chi connectivity index (χ1) is 10.8. The number of aromatic nitrogens is 1. The number of pyridine rings is 1. The van der Waals surface area contributed by atoms with Crippen molar-refractivity contribution >= 4 is 5.96 Å². The Balaban J connectivity index is 1.53. The van der Waals surface area contributed by atoms with Gasteiger partial charge in [0, 0.05) is 31.9 Å². The van der Waals surface area contributed by atoms with Crippen LogP contribution in [0.5, 0.6) is 5.88 Å². The molecular formula is C17H26N4O. The van der Waals surface area contributed by atoms with Crippen LogP contribution in [0.4, 0.5) is 0 Å². The fourth-order valence-electron chi connectivity index (χ4n) is 2.79. The Kier molecular flexibility index (Phi) is 5.14. The second-order valence-corrected chi connectivity index (χ2v) is 6.24. The largest absolute Gasteiger partial charge is 0.474 e. The predicted molar refractivity (Wildman–Crippen MR) is 88.0 cm³/mol. The van der Waals surface area contributed by atoms with Gasteiger partial charge >= 0.3 is 0 Å². The highest BCUT2D eigenvalue weighted by Gasteiger charge is 2.21. The summed E-state index contributed by atoms with van der Waals surface area (Å²) in [5.41, 5.74) is 1.09. The van der Waals surface area contributed by atoms with E-state index in [9.17, 15) is 0 Å². The van der Waals surface area contributed by atoms with Gasteiger partial charge in [0.15, 0.2) is 5.96 Å². The summed E-state index contributed by atoms with van der Waals surface area (Å²) >= 11 is 0. The molecular weight excluding hydrogens is 276 g/mol. The van der Waals surface area contributed by atoms with Crippen molar-refractivity contribution in [3.63, 3.8) is 0 Å². The molecule has 22 heavy (non-hydrogen) atoms. The maximum absolute atomic E-state index is 6.07. The molecule has 0 atom stereocenters. The molecule has 0 radical (unpaired) electrons. The normalized spacial score (nSPS) is 19.2. The van der Waals surface area contributed by atoms with Crippen LogP contribution in [0.15, 0.2) is 23.3 Å². The fraction of sp³-hybridized carbons (Fsp3) is 0.647. The Morgan fingerprint density at radius 1 is 1.27 bits per heavy atom. The number of hydrogen-bond donors (Lipinski definition) is 2. The van der Waals surface area contributed by atoms with Crippen molar-refractivity contribution in [3.8, 4) is 5.88 Å². The molecule has 0 aromatic carbocycles. The number of rotatable bonds is 6. The van der Waals surface area contributed by atoms with Crippen molar-refractivity contribution in [2.24, 2.45) is 10.9 Å². The standard InChI is InChI=1S/C17H26N4O/c1-18-17(20-11-13-8-9-13)21-12-14-5-4-10-19-16(14)22-15-6-2-3-7-15/h4-5,10,13,15H,2-3,6-9,11-12H2,1H3,(H2,18,20,21). The van der Waals surface area contributed by atoms with E-state index in [0.29, 0.717) is 12.6 Å². The van der Waals surface area contributed by atoms with Crippen LogP contribution in [0.1, 0.15) is 44.1 Å². The van der Waals surface area contributed by atoms with Gasteiger partial charge in [0.05, 0.1) is 0 Å². The summed E-state index contributed by atoms with van der Waals surface area (Å²) < 4.78 is 6.07. The van der Waals surface area contributed by atoms with E-state index in [4.69, 9.17) is 4.74 Å². The molecule has 2 aliphatic rings. The van der Waals surface area contributed by atoms with Crippen LogP contribution in [0, 0.1) is 5.92 Å². The van der Waals surface area contributed by atoms with Crippen molar-refractivity contribution in [2.75, 3.05) is 13.6 Å². The smallest absolute Gasteiger partial charge is 0.218 e. The quantitative estimate of drug-likeness (QED) is 0.626. The third kappa shape index (κ3) is 4.36. The minimum atomic E-state index is 0.334. The van der Waals surface area contributed by atoms with Crippen LogP contribution in [-0.4, -0.2) is 30.6 Å². The molecule has 2 saturated carbocycles. The van der Waals surface area contributed by atoms with Crippen LogP contribution in [0.25, 0.3) is 0 Å². The van der Waals surface area contributed by atoms with E-state index in [1.54, 1.807) is 13.2 Å². The molecule has 1 aromatic rings. The van der Waals surface area contributed by atoms with Crippen LogP contribution in [0.2, 0.25) is 0 Å². The van der Waals surface area contributed by atoms with Gasteiger partial charge in [-0.25, -0.2) is 4.98 Å². The molecule has 2 N–H and O–H groups in total. The zero-order chi connectivity index (χ0) is 15.2. The van der Waals surface area contributed by atoms with Crippen LogP contribution >= 0.6 is 0 Å². The molecule has 120 valence electrons. The molecule has 2 aliphatic carbocycles. The Morgan fingerprint density at radius 2 is 2.09 bits per heavy atom. The van der Waals surface area contributed by atoms with Gasteiger partial charge < -0.3 is 15.4 Å². The molecule has 2 fully saturated rings. The zero-order valence-electron chi connectivity index (χ0n) is 13.3. The van der Waals surface area contributed by atoms with Crippen molar-refractivity contribution in [1.82, 2.24) is 15.6 Å². The highest BCUT2D eigenvalue weighted by molar-refractivity contribution is 5.79. The summed E-state index contributed by atoms with van der Waals surface area (Å²) in [6.45, 7) is 1.69. The Labute approximate surface area is 132 Å². The number of aliphatic imine (C=N–C) groups is 1. The second kappa shape index (κ2) is 7.47. The summed E-state index contributed by atoms with van der Waals surface area (Å²) in [6, 6.07) is 4.03. The second-order valence-electron chi connectivity index (χ2n) is 6.24. The minimum absolute atomic E-state index is 0.334. The molecule has 0 amide bonds. The number of nitrogens with zero attached hydrogens (tertiary/aromatic N) is 2. The third-order valence-corrected chi connectivity index (χ3v) is 4.36. The SMILES string of the molecule is CN=C(NCc1cccnc1OC1CCCC1)NCC1CC1. The first-order valence-electron chi connectivity index (χ1n) is 8.40. The van der Waals surface area contributed by atoms with Crippen molar-refractivity contribution < 1.29 is 4.74 Å². The van der Waals surface area contributed by atoms with Gasteiger partial charge in [0.2, 0.25) is 5.88 Å². The van der Waals surface area contributed by atoms with Crippen LogP contribution in [-0.2, 0) is 6.54 Å². The summed E-state index contributed by atoms with van der Waals surface area (Å²) in [6.07, 6.45) is 9.64. The third-order valence-electron chi connectivity index (χ3n) is 4.36. The molecule has 1 heterocycles. The number of guanidine groups is 1. The van der Waals surface area contributed by atoms with Gasteiger partial charge in [0.1, 0.15) is 6.10 Å². The number of ether oxygens (including phenoxy) is 1. The zero-order valence-corrected chi connectivity index (χ0v) is 13.3. The molecule has 1 aromatic heterocycles. The van der Waals surface area contributed by atoms with E-state index in [0.717, 1.165) is 42.7 Å². The highest BCUT2D eigenvalue weighted by Crippen LogP contribution is 2.27. The van der Waals surface area contributed by atoms with Gasteiger partial charge in [0.25, 0.3) is 0 Å². The van der Waals surface area contributed by atoms with Crippen molar-refractivity contribution in [3.05, 3.63) is 23.9 Å². The maximum Gasteiger partial charge on any atom is 0.218 e. The monoisotopic (exact) mass is 302 g/mol. The van der Waals surface area contributed by atoms with Crippen molar-refractivity contribution in [2.45, 2.75) is 51.2 Å². The first-order valence-corrected chi connectivity index (χ1v) is 8.40. The maximum atomic E-state index is 6.07. The highest BCUT2D eigenvalue weighted by atomic mass is 16.5. The number of hydrogen-bond acceptors (Lipinski definition) is 3. The topological polar surface area (TPSA) is 58.5 Å². The van der Waals surface area contributed by atoms with E-state index in [1.165, 1.54) is 25.7 Å². The Hall–Kier alpha value is -1.78. The molecule has 0 bridgehead atoms. The lowest BCUT2D eigenvalue weighted by Crippen LogP contribution is -2.38. The summed E-state index contributed by atoms with van der Waals surface area (Å²) in [5, 5.41) is 6.72. The summed E-state index contributed by atoms with van der Waals surface area (Å²) in [4.78, 5) is 8.68. The molecule has 3 rings (SSSR count). The lowest BCUT2D eigenvalue weighted by Gasteiger charge is -2.16. The Bertz CT molecular complexity index is 507. The molecule has 5 nitrogen and oxygen atoms in total. The first kappa shape index (κ1) is 15.1. The minimum Gasteiger partial charge on any atom is -0.474 e. The van der Waals surface area contributed by atoms with Gasteiger partial charge in [-0.05, 0) is 50.5 Å². The summed E-state index contributed by atoms with van der Waals surface area (Å²) in [5.74, 6) is 2.44. The molecule has 0 unspecified atom stereocenters. The van der Waals surface area contributed by atoms with E-state index >= 15 is 0 Å².